The monoisotopic (exact) mass is 373 g/mol. The number of carbonyl (C=O) groups is 1. The number of thioether (sulfide) groups is 1. The Bertz CT molecular complexity index is 847. The number of hydrogen-bond donors (Lipinski definition) is 1. The third kappa shape index (κ3) is 4.11. The summed E-state index contributed by atoms with van der Waals surface area (Å²) in [5, 5.41) is 4.39. The maximum absolute atomic E-state index is 12.8. The fourth-order valence-corrected chi connectivity index (χ4v) is 4.53. The average Bonchev–Trinajstić information content (AvgIpc) is 2.61. The molecule has 2 unspecified atom stereocenters. The van der Waals surface area contributed by atoms with Crippen molar-refractivity contribution >= 4 is 28.6 Å². The number of rotatable bonds is 5. The van der Waals surface area contributed by atoms with Gasteiger partial charge in [-0.1, -0.05) is 43.7 Å². The molecular formula is C20H27N3O2S. The Hall–Kier alpha value is -1.82. The number of amides is 1. The molecule has 1 N–H and O–H groups in total. The smallest absolute Gasteiger partial charge is 0.262 e. The molecule has 1 fully saturated rings. The lowest BCUT2D eigenvalue weighted by Gasteiger charge is -2.29. The quantitative estimate of drug-likeness (QED) is 0.640. The van der Waals surface area contributed by atoms with E-state index in [2.05, 4.69) is 17.2 Å². The molecule has 1 aromatic carbocycles. The molecule has 0 radical (unpaired) electrons. The molecular weight excluding hydrogens is 346 g/mol. The molecule has 2 aromatic rings. The topological polar surface area (TPSA) is 64.0 Å². The molecule has 1 aliphatic carbocycles. The van der Waals surface area contributed by atoms with E-state index in [4.69, 9.17) is 0 Å². The summed E-state index contributed by atoms with van der Waals surface area (Å²) < 4.78 is 1.68. The van der Waals surface area contributed by atoms with Gasteiger partial charge < -0.3 is 5.32 Å². The van der Waals surface area contributed by atoms with Crippen LogP contribution in [-0.2, 0) is 4.79 Å². The highest BCUT2D eigenvalue weighted by Gasteiger charge is 2.23. The number of aromatic nitrogens is 2. The van der Waals surface area contributed by atoms with E-state index in [1.54, 1.807) is 10.6 Å². The number of nitrogens with one attached hydrogen (secondary N) is 1. The van der Waals surface area contributed by atoms with Crippen molar-refractivity contribution in [2.45, 2.75) is 63.7 Å². The van der Waals surface area contributed by atoms with Crippen molar-refractivity contribution < 1.29 is 4.79 Å². The molecule has 2 atom stereocenters. The second-order valence-electron chi connectivity index (χ2n) is 7.40. The molecule has 1 aromatic heterocycles. The Morgan fingerprint density at radius 1 is 1.31 bits per heavy atom. The summed E-state index contributed by atoms with van der Waals surface area (Å²) in [5.74, 6) is 0.831. The van der Waals surface area contributed by atoms with Crippen LogP contribution >= 0.6 is 11.8 Å². The normalized spacial score (nSPS) is 20.5. The van der Waals surface area contributed by atoms with Gasteiger partial charge in [-0.2, -0.15) is 0 Å². The van der Waals surface area contributed by atoms with Gasteiger partial charge in [0, 0.05) is 12.1 Å². The molecule has 0 aliphatic heterocycles. The Morgan fingerprint density at radius 2 is 2.04 bits per heavy atom. The standard InChI is InChI=1S/C20H27N3O2S/c1-13(2)23-19(25)15-9-5-7-11-17(15)22-20(23)26-12-18(24)21-16-10-6-4-8-14(16)3/h5,7,9,11,13-14,16H,4,6,8,10,12H2,1-3H3,(H,21,24). The first-order valence-electron chi connectivity index (χ1n) is 9.41. The van der Waals surface area contributed by atoms with Crippen LogP contribution < -0.4 is 10.9 Å². The van der Waals surface area contributed by atoms with Crippen molar-refractivity contribution in [1.82, 2.24) is 14.9 Å². The van der Waals surface area contributed by atoms with Gasteiger partial charge in [0.15, 0.2) is 5.16 Å². The molecule has 0 saturated heterocycles. The number of fused-ring (bicyclic) bond motifs is 1. The first kappa shape index (κ1) is 19.0. The van der Waals surface area contributed by atoms with Crippen LogP contribution in [0.3, 0.4) is 0 Å². The second kappa shape index (κ2) is 8.25. The van der Waals surface area contributed by atoms with Crippen molar-refractivity contribution in [2.24, 2.45) is 5.92 Å². The van der Waals surface area contributed by atoms with Gasteiger partial charge >= 0.3 is 0 Å². The largest absolute Gasteiger partial charge is 0.352 e. The first-order chi connectivity index (χ1) is 12.5. The fourth-order valence-electron chi connectivity index (χ4n) is 3.59. The predicted octanol–water partition coefficient (Wildman–Crippen LogP) is 3.76. The number of nitrogens with zero attached hydrogens (tertiary/aromatic N) is 2. The van der Waals surface area contributed by atoms with Gasteiger partial charge in [0.05, 0.1) is 16.7 Å². The molecule has 26 heavy (non-hydrogen) atoms. The van der Waals surface area contributed by atoms with Crippen molar-refractivity contribution in [3.05, 3.63) is 34.6 Å². The minimum Gasteiger partial charge on any atom is -0.352 e. The zero-order chi connectivity index (χ0) is 18.7. The van der Waals surface area contributed by atoms with Crippen LogP contribution in [-0.4, -0.2) is 27.3 Å². The maximum Gasteiger partial charge on any atom is 0.262 e. The van der Waals surface area contributed by atoms with Crippen LogP contribution in [0.2, 0.25) is 0 Å². The molecule has 0 bridgehead atoms. The highest BCUT2D eigenvalue weighted by atomic mass is 32.2. The number of para-hydroxylation sites is 1. The molecule has 1 aliphatic rings. The third-order valence-electron chi connectivity index (χ3n) is 5.08. The van der Waals surface area contributed by atoms with E-state index in [0.717, 1.165) is 6.42 Å². The highest BCUT2D eigenvalue weighted by Crippen LogP contribution is 2.24. The van der Waals surface area contributed by atoms with Crippen LogP contribution in [0.25, 0.3) is 10.9 Å². The summed E-state index contributed by atoms with van der Waals surface area (Å²) in [6.45, 7) is 6.13. The zero-order valence-corrected chi connectivity index (χ0v) is 16.5. The van der Waals surface area contributed by atoms with E-state index >= 15 is 0 Å². The van der Waals surface area contributed by atoms with Gasteiger partial charge in [0.2, 0.25) is 5.91 Å². The lowest BCUT2D eigenvalue weighted by atomic mass is 9.86. The van der Waals surface area contributed by atoms with Crippen LogP contribution in [0.5, 0.6) is 0 Å². The lowest BCUT2D eigenvalue weighted by Crippen LogP contribution is -2.42. The van der Waals surface area contributed by atoms with Crippen molar-refractivity contribution in [2.75, 3.05) is 5.75 Å². The van der Waals surface area contributed by atoms with Gasteiger partial charge in [-0.25, -0.2) is 4.98 Å². The lowest BCUT2D eigenvalue weighted by molar-refractivity contribution is -0.119. The average molecular weight is 374 g/mol. The van der Waals surface area contributed by atoms with E-state index in [-0.39, 0.29) is 29.3 Å². The number of hydrogen-bond acceptors (Lipinski definition) is 4. The summed E-state index contributed by atoms with van der Waals surface area (Å²) in [5.41, 5.74) is 0.632. The van der Waals surface area contributed by atoms with Crippen LogP contribution in [0.15, 0.2) is 34.2 Å². The summed E-state index contributed by atoms with van der Waals surface area (Å²) in [4.78, 5) is 29.9. The fraction of sp³-hybridized carbons (Fsp3) is 0.550. The molecule has 3 rings (SSSR count). The zero-order valence-electron chi connectivity index (χ0n) is 15.7. The SMILES string of the molecule is CC1CCCCC1NC(=O)CSc1nc2ccccc2c(=O)n1C(C)C. The van der Waals surface area contributed by atoms with E-state index < -0.39 is 0 Å². The summed E-state index contributed by atoms with van der Waals surface area (Å²) >= 11 is 1.34. The minimum atomic E-state index is -0.0468. The van der Waals surface area contributed by atoms with Gasteiger partial charge in [0.1, 0.15) is 0 Å². The number of carbonyl (C=O) groups excluding carboxylic acids is 1. The Labute approximate surface area is 158 Å². The molecule has 6 heteroatoms. The van der Waals surface area contributed by atoms with Crippen LogP contribution in [0.4, 0.5) is 0 Å². The Morgan fingerprint density at radius 3 is 2.77 bits per heavy atom. The van der Waals surface area contributed by atoms with Gasteiger partial charge in [-0.15, -0.1) is 0 Å². The van der Waals surface area contributed by atoms with Gasteiger partial charge in [-0.05, 0) is 44.7 Å². The van der Waals surface area contributed by atoms with Gasteiger partial charge in [0.25, 0.3) is 5.56 Å². The molecule has 5 nitrogen and oxygen atoms in total. The van der Waals surface area contributed by atoms with Crippen molar-refractivity contribution in [1.29, 1.82) is 0 Å². The van der Waals surface area contributed by atoms with E-state index in [1.165, 1.54) is 31.0 Å². The summed E-state index contributed by atoms with van der Waals surface area (Å²) in [7, 11) is 0. The Kier molecular flexibility index (Phi) is 6.01. The van der Waals surface area contributed by atoms with Gasteiger partial charge in [-0.3, -0.25) is 14.2 Å². The summed E-state index contributed by atoms with van der Waals surface area (Å²) in [6, 6.07) is 7.63. The maximum atomic E-state index is 12.8. The van der Waals surface area contributed by atoms with Crippen LogP contribution in [0.1, 0.15) is 52.5 Å². The highest BCUT2D eigenvalue weighted by molar-refractivity contribution is 7.99. The predicted molar refractivity (Wildman–Crippen MR) is 107 cm³/mol. The summed E-state index contributed by atoms with van der Waals surface area (Å²) in [6.07, 6.45) is 4.67. The minimum absolute atomic E-state index is 0.0106. The molecule has 140 valence electrons. The van der Waals surface area contributed by atoms with Crippen molar-refractivity contribution in [3.8, 4) is 0 Å². The number of benzene rings is 1. The Balaban J connectivity index is 1.76. The van der Waals surface area contributed by atoms with E-state index in [9.17, 15) is 9.59 Å². The molecule has 1 heterocycles. The van der Waals surface area contributed by atoms with Crippen LogP contribution in [0, 0.1) is 5.92 Å². The molecule has 0 spiro atoms. The first-order valence-corrected chi connectivity index (χ1v) is 10.4. The van der Waals surface area contributed by atoms with Crippen molar-refractivity contribution in [3.63, 3.8) is 0 Å². The molecule has 1 amide bonds. The third-order valence-corrected chi connectivity index (χ3v) is 6.03. The van der Waals surface area contributed by atoms with E-state index in [0.29, 0.717) is 22.0 Å². The second-order valence-corrected chi connectivity index (χ2v) is 8.35. The van der Waals surface area contributed by atoms with E-state index in [1.807, 2.05) is 32.0 Å². The molecule has 1 saturated carbocycles.